The molecule has 10 heteroatoms. The molecule has 3 heterocycles. The highest BCUT2D eigenvalue weighted by atomic mass is 32.1. The smallest absolute Gasteiger partial charge is 0.324 e. The van der Waals surface area contributed by atoms with Crippen LogP contribution in [0.5, 0.6) is 0 Å². The van der Waals surface area contributed by atoms with Crippen LogP contribution in [-0.2, 0) is 11.2 Å². The van der Waals surface area contributed by atoms with Crippen LogP contribution in [0, 0.1) is 10.1 Å². The second kappa shape index (κ2) is 9.17. The van der Waals surface area contributed by atoms with Crippen molar-refractivity contribution in [2.45, 2.75) is 13.3 Å². The molecule has 0 spiro atoms. The number of aryl methyl sites for hydroxylation is 1. The summed E-state index contributed by atoms with van der Waals surface area (Å²) in [5.41, 5.74) is 2.08. The highest BCUT2D eigenvalue weighted by molar-refractivity contribution is 7.22. The summed E-state index contributed by atoms with van der Waals surface area (Å²) in [6.45, 7) is 6.28. The summed E-state index contributed by atoms with van der Waals surface area (Å²) in [5.74, 6) is -0.254. The van der Waals surface area contributed by atoms with E-state index < -0.39 is 4.92 Å². The molecule has 1 amide bonds. The molecule has 0 saturated carbocycles. The van der Waals surface area contributed by atoms with Gasteiger partial charge >= 0.3 is 5.00 Å². The number of hydrogen-bond acceptors (Lipinski definition) is 8. The van der Waals surface area contributed by atoms with Gasteiger partial charge in [0.05, 0.1) is 33.2 Å². The molecule has 1 aliphatic rings. The Kier molecular flexibility index (Phi) is 6.38. The summed E-state index contributed by atoms with van der Waals surface area (Å²) in [7, 11) is 0. The molecule has 0 atom stereocenters. The third-order valence-electron chi connectivity index (χ3n) is 5.05. The number of ether oxygens (including phenoxy) is 1. The minimum absolute atomic E-state index is 0.0385. The molecule has 158 valence electrons. The molecular weight excluding hydrogens is 424 g/mol. The summed E-state index contributed by atoms with van der Waals surface area (Å²) in [6, 6.07) is 9.04. The van der Waals surface area contributed by atoms with Crippen LogP contribution in [0.4, 0.5) is 10.1 Å². The summed E-state index contributed by atoms with van der Waals surface area (Å²) < 4.78 is 6.43. The molecule has 3 aromatic rings. The number of hydrogen-bond donors (Lipinski definition) is 0. The molecule has 0 radical (unpaired) electrons. The first kappa shape index (κ1) is 20.9. The van der Waals surface area contributed by atoms with Gasteiger partial charge < -0.3 is 4.74 Å². The van der Waals surface area contributed by atoms with Gasteiger partial charge in [-0.1, -0.05) is 35.7 Å². The zero-order valence-corrected chi connectivity index (χ0v) is 18.2. The van der Waals surface area contributed by atoms with E-state index in [0.717, 1.165) is 41.1 Å². The molecule has 4 rings (SSSR count). The number of nitrogens with zero attached hydrogens (tertiary/aromatic N) is 4. The first-order valence-electron chi connectivity index (χ1n) is 9.81. The minimum atomic E-state index is -0.469. The first-order valence-corrected chi connectivity index (χ1v) is 11.4. The Labute approximate surface area is 181 Å². The number of rotatable bonds is 7. The summed E-state index contributed by atoms with van der Waals surface area (Å²) in [5, 5.41) is 11.6. The van der Waals surface area contributed by atoms with Crippen LogP contribution in [-0.4, -0.2) is 60.1 Å². The number of thiophene rings is 1. The van der Waals surface area contributed by atoms with E-state index in [0.29, 0.717) is 36.3 Å². The quantitative estimate of drug-likeness (QED) is 0.405. The summed E-state index contributed by atoms with van der Waals surface area (Å²) in [4.78, 5) is 32.8. The van der Waals surface area contributed by atoms with E-state index >= 15 is 0 Å². The van der Waals surface area contributed by atoms with Gasteiger partial charge in [0, 0.05) is 32.2 Å². The third-order valence-corrected chi connectivity index (χ3v) is 7.12. The number of benzene rings is 1. The Hall–Kier alpha value is -2.40. The van der Waals surface area contributed by atoms with Crippen molar-refractivity contribution in [3.05, 3.63) is 50.9 Å². The van der Waals surface area contributed by atoms with E-state index in [2.05, 4.69) is 17.9 Å². The second-order valence-electron chi connectivity index (χ2n) is 6.96. The molecule has 0 aliphatic carbocycles. The lowest BCUT2D eigenvalue weighted by Gasteiger charge is -2.29. The maximum Gasteiger partial charge on any atom is 0.324 e. The van der Waals surface area contributed by atoms with E-state index in [1.807, 2.05) is 12.1 Å². The number of thiazole rings is 1. The number of aromatic nitrogens is 1. The van der Waals surface area contributed by atoms with E-state index in [1.54, 1.807) is 4.90 Å². The average Bonchev–Trinajstić information content (AvgIpc) is 3.41. The fourth-order valence-electron chi connectivity index (χ4n) is 3.32. The predicted octanol–water partition coefficient (Wildman–Crippen LogP) is 3.81. The standard InChI is InChI=1S/C20H22N4O4S2/c1-2-14-3-4-15-17(13-14)30-20(21-15)23(8-7-22-9-11-28-12-10-22)19(25)16-5-6-18(29-16)24(26)27/h3-6,13H,2,7-12H2,1H3. The third kappa shape index (κ3) is 4.51. The number of morpholine rings is 1. The Morgan fingerprint density at radius 2 is 2.07 bits per heavy atom. The second-order valence-corrected chi connectivity index (χ2v) is 9.03. The zero-order chi connectivity index (χ0) is 21.1. The Morgan fingerprint density at radius 1 is 1.27 bits per heavy atom. The molecule has 0 unspecified atom stereocenters. The number of fused-ring (bicyclic) bond motifs is 1. The lowest BCUT2D eigenvalue weighted by molar-refractivity contribution is -0.380. The molecule has 1 saturated heterocycles. The van der Waals surface area contributed by atoms with Gasteiger partial charge in [0.15, 0.2) is 5.13 Å². The van der Waals surface area contributed by atoms with Crippen LogP contribution in [0.1, 0.15) is 22.2 Å². The molecule has 0 N–H and O–H groups in total. The molecule has 2 aromatic heterocycles. The van der Waals surface area contributed by atoms with Gasteiger partial charge in [0.2, 0.25) is 0 Å². The van der Waals surface area contributed by atoms with Crippen LogP contribution in [0.25, 0.3) is 10.2 Å². The number of carbonyl (C=O) groups excluding carboxylic acids is 1. The van der Waals surface area contributed by atoms with E-state index in [9.17, 15) is 14.9 Å². The van der Waals surface area contributed by atoms with Crippen molar-refractivity contribution in [1.82, 2.24) is 9.88 Å². The molecule has 1 aromatic carbocycles. The minimum Gasteiger partial charge on any atom is -0.379 e. The molecule has 30 heavy (non-hydrogen) atoms. The number of anilines is 1. The van der Waals surface area contributed by atoms with Gasteiger partial charge in [-0.15, -0.1) is 0 Å². The van der Waals surface area contributed by atoms with E-state index in [1.165, 1.54) is 29.0 Å². The monoisotopic (exact) mass is 446 g/mol. The first-order chi connectivity index (χ1) is 14.5. The van der Waals surface area contributed by atoms with Crippen LogP contribution < -0.4 is 4.90 Å². The number of carbonyl (C=O) groups is 1. The van der Waals surface area contributed by atoms with Crippen molar-refractivity contribution in [2.75, 3.05) is 44.3 Å². The largest absolute Gasteiger partial charge is 0.379 e. The molecular formula is C20H22N4O4S2. The highest BCUT2D eigenvalue weighted by Gasteiger charge is 2.25. The number of nitro groups is 1. The van der Waals surface area contributed by atoms with Gasteiger partial charge in [-0.3, -0.25) is 24.7 Å². The maximum atomic E-state index is 13.3. The van der Waals surface area contributed by atoms with Crippen molar-refractivity contribution >= 4 is 48.9 Å². The normalized spacial score (nSPS) is 14.8. The molecule has 1 aliphatic heterocycles. The predicted molar refractivity (Wildman–Crippen MR) is 119 cm³/mol. The van der Waals surface area contributed by atoms with Crippen LogP contribution in [0.3, 0.4) is 0 Å². The fraction of sp³-hybridized carbons (Fsp3) is 0.400. The Morgan fingerprint density at radius 3 is 2.77 bits per heavy atom. The van der Waals surface area contributed by atoms with E-state index in [4.69, 9.17) is 9.72 Å². The van der Waals surface area contributed by atoms with Crippen LogP contribution in [0.15, 0.2) is 30.3 Å². The Bertz CT molecular complexity index is 1060. The SMILES string of the molecule is CCc1ccc2nc(N(CCN3CCOCC3)C(=O)c3ccc([N+](=O)[O-])s3)sc2c1. The molecule has 0 bridgehead atoms. The van der Waals surface area contributed by atoms with Crippen molar-refractivity contribution < 1.29 is 14.5 Å². The van der Waals surface area contributed by atoms with Crippen molar-refractivity contribution in [3.8, 4) is 0 Å². The summed E-state index contributed by atoms with van der Waals surface area (Å²) in [6.07, 6.45) is 0.932. The maximum absolute atomic E-state index is 13.3. The van der Waals surface area contributed by atoms with Gasteiger partial charge in [0.1, 0.15) is 0 Å². The average molecular weight is 447 g/mol. The molecule has 8 nitrogen and oxygen atoms in total. The molecule has 1 fully saturated rings. The fourth-order valence-corrected chi connectivity index (χ4v) is 5.14. The highest BCUT2D eigenvalue weighted by Crippen LogP contribution is 2.32. The van der Waals surface area contributed by atoms with E-state index in [-0.39, 0.29) is 10.9 Å². The topological polar surface area (TPSA) is 88.8 Å². The van der Waals surface area contributed by atoms with Crippen molar-refractivity contribution in [1.29, 1.82) is 0 Å². The van der Waals surface area contributed by atoms with Gasteiger partial charge in [-0.05, 0) is 30.2 Å². The van der Waals surface area contributed by atoms with Gasteiger partial charge in [-0.2, -0.15) is 0 Å². The number of amides is 1. The lowest BCUT2D eigenvalue weighted by Crippen LogP contribution is -2.43. The van der Waals surface area contributed by atoms with Crippen LogP contribution >= 0.6 is 22.7 Å². The Balaban J connectivity index is 1.63. The zero-order valence-electron chi connectivity index (χ0n) is 16.6. The van der Waals surface area contributed by atoms with Gasteiger partial charge in [-0.25, -0.2) is 4.98 Å². The lowest BCUT2D eigenvalue weighted by atomic mass is 10.2. The van der Waals surface area contributed by atoms with Gasteiger partial charge in [0.25, 0.3) is 5.91 Å². The van der Waals surface area contributed by atoms with Crippen molar-refractivity contribution in [2.24, 2.45) is 0 Å². The van der Waals surface area contributed by atoms with Crippen LogP contribution in [0.2, 0.25) is 0 Å². The van der Waals surface area contributed by atoms with Crippen molar-refractivity contribution in [3.63, 3.8) is 0 Å². The summed E-state index contributed by atoms with van der Waals surface area (Å²) >= 11 is 2.38.